The number of hydrogen-bond acceptors (Lipinski definition) is 3. The van der Waals surface area contributed by atoms with Gasteiger partial charge in [-0.15, -0.1) is 6.58 Å². The summed E-state index contributed by atoms with van der Waals surface area (Å²) in [6, 6.07) is 5.96. The number of rotatable bonds is 6. The van der Waals surface area contributed by atoms with Gasteiger partial charge in [0.25, 0.3) is 0 Å². The Morgan fingerprint density at radius 2 is 2.33 bits per heavy atom. The van der Waals surface area contributed by atoms with Crippen LogP contribution in [0, 0.1) is 6.92 Å². The zero-order valence-electron chi connectivity index (χ0n) is 10.6. The highest BCUT2D eigenvalue weighted by Gasteiger charge is 2.03. The van der Waals surface area contributed by atoms with E-state index in [0.29, 0.717) is 0 Å². The molecule has 1 N–H and O–H groups in total. The van der Waals surface area contributed by atoms with Crippen molar-refractivity contribution in [3.63, 3.8) is 0 Å². The minimum absolute atomic E-state index is 0.771. The third-order valence-corrected chi connectivity index (χ3v) is 2.61. The first-order valence-electron chi connectivity index (χ1n) is 6.08. The van der Waals surface area contributed by atoms with Gasteiger partial charge >= 0.3 is 0 Å². The van der Waals surface area contributed by atoms with Crippen molar-refractivity contribution in [3.05, 3.63) is 54.6 Å². The van der Waals surface area contributed by atoms with Crippen molar-refractivity contribution in [1.82, 2.24) is 14.5 Å². The van der Waals surface area contributed by atoms with Crippen molar-refractivity contribution in [2.45, 2.75) is 19.9 Å². The maximum Gasteiger partial charge on any atom is 0.203 e. The molecule has 18 heavy (non-hydrogen) atoms. The molecule has 0 amide bonds. The van der Waals surface area contributed by atoms with Gasteiger partial charge in [-0.25, -0.2) is 4.98 Å². The van der Waals surface area contributed by atoms with Crippen LogP contribution in [0.4, 0.5) is 5.95 Å². The largest absolute Gasteiger partial charge is 0.355 e. The number of imidazole rings is 1. The van der Waals surface area contributed by atoms with Crippen LogP contribution in [0.25, 0.3) is 0 Å². The van der Waals surface area contributed by atoms with E-state index >= 15 is 0 Å². The number of anilines is 1. The molecule has 0 radical (unpaired) electrons. The van der Waals surface area contributed by atoms with Gasteiger partial charge in [-0.3, -0.25) is 4.98 Å². The molecule has 94 valence electrons. The van der Waals surface area contributed by atoms with Crippen LogP contribution in [0.2, 0.25) is 0 Å². The molecule has 0 aliphatic heterocycles. The van der Waals surface area contributed by atoms with Crippen molar-refractivity contribution in [1.29, 1.82) is 0 Å². The molecule has 2 heterocycles. The first-order valence-corrected chi connectivity index (χ1v) is 6.08. The van der Waals surface area contributed by atoms with E-state index in [-0.39, 0.29) is 0 Å². The van der Waals surface area contributed by atoms with Crippen molar-refractivity contribution in [2.75, 3.05) is 11.9 Å². The van der Waals surface area contributed by atoms with Crippen LogP contribution in [0.1, 0.15) is 11.4 Å². The predicted molar refractivity (Wildman–Crippen MR) is 73.6 cm³/mol. The minimum atomic E-state index is 0.771. The molecule has 0 bridgehead atoms. The molecule has 0 fully saturated rings. The van der Waals surface area contributed by atoms with Crippen molar-refractivity contribution in [3.8, 4) is 0 Å². The number of pyridine rings is 1. The number of allylic oxidation sites excluding steroid dienone is 1. The van der Waals surface area contributed by atoms with Gasteiger partial charge in [0.15, 0.2) is 0 Å². The lowest BCUT2D eigenvalue weighted by atomic mass is 10.3. The molecular formula is C14H18N4. The summed E-state index contributed by atoms with van der Waals surface area (Å²) in [7, 11) is 0. The molecule has 0 unspecified atom stereocenters. The zero-order chi connectivity index (χ0) is 12.8. The summed E-state index contributed by atoms with van der Waals surface area (Å²) in [6.07, 6.45) is 6.59. The lowest BCUT2D eigenvalue weighted by Crippen LogP contribution is -2.10. The second kappa shape index (κ2) is 6.00. The maximum atomic E-state index is 4.44. The zero-order valence-corrected chi connectivity index (χ0v) is 10.6. The molecule has 0 saturated heterocycles. The van der Waals surface area contributed by atoms with Crippen molar-refractivity contribution in [2.24, 2.45) is 0 Å². The van der Waals surface area contributed by atoms with Gasteiger partial charge in [-0.05, 0) is 19.1 Å². The SMILES string of the molecule is C=CCn1cc(C)nc1NCCc1ccccn1. The number of nitrogens with one attached hydrogen (secondary N) is 1. The van der Waals surface area contributed by atoms with Gasteiger partial charge in [0.1, 0.15) is 0 Å². The molecular weight excluding hydrogens is 224 g/mol. The van der Waals surface area contributed by atoms with E-state index in [2.05, 4.69) is 26.4 Å². The quantitative estimate of drug-likeness (QED) is 0.791. The standard InChI is InChI=1S/C14H18N4/c1-3-10-18-11-12(2)17-14(18)16-9-7-13-6-4-5-8-15-13/h3-6,8,11H,1,7,9-10H2,2H3,(H,16,17). The van der Waals surface area contributed by atoms with E-state index in [4.69, 9.17) is 0 Å². The number of nitrogens with zero attached hydrogens (tertiary/aromatic N) is 3. The summed E-state index contributed by atoms with van der Waals surface area (Å²) in [5.41, 5.74) is 2.10. The molecule has 0 aromatic carbocycles. The van der Waals surface area contributed by atoms with Crippen LogP contribution < -0.4 is 5.32 Å². The maximum absolute atomic E-state index is 4.44. The van der Waals surface area contributed by atoms with Crippen LogP contribution in [-0.2, 0) is 13.0 Å². The fraction of sp³-hybridized carbons (Fsp3) is 0.286. The highest BCUT2D eigenvalue weighted by atomic mass is 15.2. The Bertz CT molecular complexity index is 502. The van der Waals surface area contributed by atoms with E-state index in [1.54, 1.807) is 0 Å². The normalized spacial score (nSPS) is 10.3. The van der Waals surface area contributed by atoms with Crippen LogP contribution in [0.15, 0.2) is 43.2 Å². The highest BCUT2D eigenvalue weighted by Crippen LogP contribution is 2.08. The van der Waals surface area contributed by atoms with E-state index in [9.17, 15) is 0 Å². The third-order valence-electron chi connectivity index (χ3n) is 2.61. The Morgan fingerprint density at radius 1 is 1.44 bits per heavy atom. The molecule has 0 aliphatic rings. The monoisotopic (exact) mass is 242 g/mol. The van der Waals surface area contributed by atoms with Crippen molar-refractivity contribution < 1.29 is 0 Å². The molecule has 4 heteroatoms. The van der Waals surface area contributed by atoms with Crippen LogP contribution in [0.3, 0.4) is 0 Å². The minimum Gasteiger partial charge on any atom is -0.355 e. The summed E-state index contributed by atoms with van der Waals surface area (Å²) in [5.74, 6) is 0.892. The Hall–Kier alpha value is -2.10. The topological polar surface area (TPSA) is 42.7 Å². The smallest absolute Gasteiger partial charge is 0.203 e. The van der Waals surface area contributed by atoms with Crippen LogP contribution >= 0.6 is 0 Å². The number of hydrogen-bond donors (Lipinski definition) is 1. The first-order chi connectivity index (χ1) is 8.79. The van der Waals surface area contributed by atoms with Gasteiger partial charge < -0.3 is 9.88 Å². The second-order valence-corrected chi connectivity index (χ2v) is 4.14. The Labute approximate surface area is 107 Å². The van der Waals surface area contributed by atoms with Crippen LogP contribution in [-0.4, -0.2) is 21.1 Å². The van der Waals surface area contributed by atoms with E-state index in [1.807, 2.05) is 43.6 Å². The Kier molecular flexibility index (Phi) is 4.12. The average Bonchev–Trinajstić information content (AvgIpc) is 2.72. The number of aromatic nitrogens is 3. The second-order valence-electron chi connectivity index (χ2n) is 4.14. The molecule has 0 aliphatic carbocycles. The molecule has 0 spiro atoms. The van der Waals surface area contributed by atoms with E-state index in [0.717, 1.165) is 36.8 Å². The van der Waals surface area contributed by atoms with Gasteiger partial charge in [0.2, 0.25) is 5.95 Å². The average molecular weight is 242 g/mol. The molecule has 2 aromatic rings. The molecule has 2 rings (SSSR count). The molecule has 2 aromatic heterocycles. The number of aryl methyl sites for hydroxylation is 1. The van der Waals surface area contributed by atoms with E-state index < -0.39 is 0 Å². The Balaban J connectivity index is 1.92. The summed E-state index contributed by atoms with van der Waals surface area (Å²) >= 11 is 0. The van der Waals surface area contributed by atoms with Gasteiger partial charge in [0, 0.05) is 37.6 Å². The van der Waals surface area contributed by atoms with Gasteiger partial charge in [-0.1, -0.05) is 12.1 Å². The summed E-state index contributed by atoms with van der Waals surface area (Å²) in [5, 5.41) is 3.33. The Morgan fingerprint density at radius 3 is 3.06 bits per heavy atom. The van der Waals surface area contributed by atoms with Gasteiger partial charge in [0.05, 0.1) is 5.69 Å². The summed E-state index contributed by atoms with van der Waals surface area (Å²) in [6.45, 7) is 7.33. The summed E-state index contributed by atoms with van der Waals surface area (Å²) < 4.78 is 2.06. The fourth-order valence-electron chi connectivity index (χ4n) is 1.81. The summed E-state index contributed by atoms with van der Waals surface area (Å²) in [4.78, 5) is 8.73. The molecule has 0 saturated carbocycles. The predicted octanol–water partition coefficient (Wildman–Crippen LogP) is 2.43. The van der Waals surface area contributed by atoms with Crippen molar-refractivity contribution >= 4 is 5.95 Å². The fourth-order valence-corrected chi connectivity index (χ4v) is 1.81. The van der Waals surface area contributed by atoms with E-state index in [1.165, 1.54) is 0 Å². The highest BCUT2D eigenvalue weighted by molar-refractivity contribution is 5.29. The first kappa shape index (κ1) is 12.4. The molecule has 4 nitrogen and oxygen atoms in total. The molecule has 0 atom stereocenters. The third kappa shape index (κ3) is 3.20. The van der Waals surface area contributed by atoms with Gasteiger partial charge in [-0.2, -0.15) is 0 Å². The van der Waals surface area contributed by atoms with Crippen LogP contribution in [0.5, 0.6) is 0 Å². The lowest BCUT2D eigenvalue weighted by Gasteiger charge is -2.07. The lowest BCUT2D eigenvalue weighted by molar-refractivity contribution is 0.814.